The number of aromatic nitrogens is 3. The molecular weight excluding hydrogens is 232 g/mol. The van der Waals surface area contributed by atoms with Crippen molar-refractivity contribution >= 4 is 11.7 Å². The molecule has 0 bridgehead atoms. The smallest absolute Gasteiger partial charge is 0.335 e. The van der Waals surface area contributed by atoms with Gasteiger partial charge in [-0.1, -0.05) is 0 Å². The number of rotatable bonds is 5. The van der Waals surface area contributed by atoms with E-state index in [1.54, 1.807) is 35.3 Å². The third-order valence-corrected chi connectivity index (χ3v) is 2.46. The highest BCUT2D eigenvalue weighted by atomic mass is 16.4. The van der Waals surface area contributed by atoms with Gasteiger partial charge < -0.3 is 10.4 Å². The Morgan fingerprint density at radius 2 is 2.11 bits per heavy atom. The third kappa shape index (κ3) is 3.07. The number of nitrogens with one attached hydrogen (secondary N) is 1. The molecule has 0 saturated carbocycles. The van der Waals surface area contributed by atoms with Crippen molar-refractivity contribution in [2.24, 2.45) is 7.05 Å². The molecule has 0 saturated heterocycles. The molecule has 0 atom stereocenters. The van der Waals surface area contributed by atoms with E-state index in [-0.39, 0.29) is 5.56 Å². The lowest BCUT2D eigenvalue weighted by Gasteiger charge is -2.04. The Balaban J connectivity index is 1.85. The fourth-order valence-corrected chi connectivity index (χ4v) is 1.55. The number of carboxylic acids is 1. The van der Waals surface area contributed by atoms with E-state index in [0.29, 0.717) is 6.54 Å². The van der Waals surface area contributed by atoms with E-state index in [0.717, 1.165) is 17.9 Å². The van der Waals surface area contributed by atoms with E-state index in [1.807, 2.05) is 7.05 Å². The van der Waals surface area contributed by atoms with Crippen molar-refractivity contribution in [1.29, 1.82) is 0 Å². The van der Waals surface area contributed by atoms with Crippen LogP contribution >= 0.6 is 0 Å². The predicted molar refractivity (Wildman–Crippen MR) is 66.6 cm³/mol. The topological polar surface area (TPSA) is 80.0 Å². The Morgan fingerprint density at radius 1 is 1.39 bits per heavy atom. The van der Waals surface area contributed by atoms with E-state index >= 15 is 0 Å². The Morgan fingerprint density at radius 3 is 2.67 bits per heavy atom. The summed E-state index contributed by atoms with van der Waals surface area (Å²) in [6.45, 7) is 0.705. The van der Waals surface area contributed by atoms with Crippen molar-refractivity contribution in [3.05, 3.63) is 42.0 Å². The lowest BCUT2D eigenvalue weighted by molar-refractivity contribution is 0.0697. The van der Waals surface area contributed by atoms with Crippen LogP contribution in [0.4, 0.5) is 5.69 Å². The first kappa shape index (κ1) is 12.1. The van der Waals surface area contributed by atoms with Gasteiger partial charge in [0.25, 0.3) is 0 Å². The normalized spacial score (nSPS) is 10.3. The molecule has 2 aromatic rings. The number of aryl methyl sites for hydroxylation is 1. The van der Waals surface area contributed by atoms with Crippen molar-refractivity contribution in [2.45, 2.75) is 6.42 Å². The maximum atomic E-state index is 10.7. The molecule has 18 heavy (non-hydrogen) atoms. The van der Waals surface area contributed by atoms with Crippen LogP contribution in [0.5, 0.6) is 0 Å². The summed E-state index contributed by atoms with van der Waals surface area (Å²) in [6, 6.07) is 6.64. The van der Waals surface area contributed by atoms with Gasteiger partial charge in [-0.3, -0.25) is 4.68 Å². The average molecular weight is 246 g/mol. The number of hydrogen-bond acceptors (Lipinski definition) is 4. The number of aromatic carboxylic acids is 1. The molecule has 1 aromatic carbocycles. The number of carbonyl (C=O) groups is 1. The SMILES string of the molecule is Cn1cnc(CCNc2ccc(C(=O)O)cc2)n1. The van der Waals surface area contributed by atoms with E-state index in [9.17, 15) is 4.79 Å². The molecule has 0 aliphatic rings. The molecule has 6 nitrogen and oxygen atoms in total. The van der Waals surface area contributed by atoms with Crippen molar-refractivity contribution in [1.82, 2.24) is 14.8 Å². The van der Waals surface area contributed by atoms with Gasteiger partial charge in [0.1, 0.15) is 6.33 Å². The largest absolute Gasteiger partial charge is 0.478 e. The number of hydrogen-bond donors (Lipinski definition) is 2. The Bertz CT molecular complexity index is 533. The van der Waals surface area contributed by atoms with Crippen molar-refractivity contribution in [2.75, 3.05) is 11.9 Å². The maximum absolute atomic E-state index is 10.7. The van der Waals surface area contributed by atoms with E-state index in [1.165, 1.54) is 0 Å². The van der Waals surface area contributed by atoms with E-state index in [4.69, 9.17) is 5.11 Å². The second kappa shape index (κ2) is 5.31. The quantitative estimate of drug-likeness (QED) is 0.827. The molecule has 2 N–H and O–H groups in total. The number of nitrogens with zero attached hydrogens (tertiary/aromatic N) is 3. The van der Waals surface area contributed by atoms with Gasteiger partial charge in [-0.15, -0.1) is 0 Å². The van der Waals surface area contributed by atoms with Crippen molar-refractivity contribution < 1.29 is 9.90 Å². The molecule has 0 aliphatic carbocycles. The molecule has 0 radical (unpaired) electrons. The molecule has 0 spiro atoms. The zero-order valence-corrected chi connectivity index (χ0v) is 10.00. The molecular formula is C12H14N4O2. The van der Waals surface area contributed by atoms with E-state index in [2.05, 4.69) is 15.4 Å². The molecule has 2 rings (SSSR count). The van der Waals surface area contributed by atoms with Crippen LogP contribution < -0.4 is 5.32 Å². The predicted octanol–water partition coefficient (Wildman–Crippen LogP) is 1.17. The molecule has 1 aromatic heterocycles. The maximum Gasteiger partial charge on any atom is 0.335 e. The second-order valence-corrected chi connectivity index (χ2v) is 3.89. The Kier molecular flexibility index (Phi) is 3.57. The third-order valence-electron chi connectivity index (χ3n) is 2.46. The van der Waals surface area contributed by atoms with Gasteiger partial charge in [-0.25, -0.2) is 9.78 Å². The van der Waals surface area contributed by atoms with Gasteiger partial charge >= 0.3 is 5.97 Å². The molecule has 0 amide bonds. The van der Waals surface area contributed by atoms with Crippen LogP contribution in [-0.2, 0) is 13.5 Å². The van der Waals surface area contributed by atoms with Crippen molar-refractivity contribution in [3.8, 4) is 0 Å². The molecule has 1 heterocycles. The molecule has 0 unspecified atom stereocenters. The van der Waals surface area contributed by atoms with Gasteiger partial charge in [0, 0.05) is 25.7 Å². The van der Waals surface area contributed by atoms with Crippen LogP contribution in [0.25, 0.3) is 0 Å². The lowest BCUT2D eigenvalue weighted by Crippen LogP contribution is -2.06. The highest BCUT2D eigenvalue weighted by Gasteiger charge is 2.02. The summed E-state index contributed by atoms with van der Waals surface area (Å²) in [5.41, 5.74) is 1.17. The fourth-order valence-electron chi connectivity index (χ4n) is 1.55. The van der Waals surface area contributed by atoms with Crippen LogP contribution in [0.3, 0.4) is 0 Å². The van der Waals surface area contributed by atoms with Gasteiger partial charge in [-0.2, -0.15) is 5.10 Å². The Hall–Kier alpha value is -2.37. The summed E-state index contributed by atoms with van der Waals surface area (Å²) in [7, 11) is 1.83. The van der Waals surface area contributed by atoms with Crippen LogP contribution in [-0.4, -0.2) is 32.4 Å². The summed E-state index contributed by atoms with van der Waals surface area (Å²) in [4.78, 5) is 14.8. The van der Waals surface area contributed by atoms with Crippen LogP contribution in [0.2, 0.25) is 0 Å². The first-order valence-electron chi connectivity index (χ1n) is 5.57. The molecule has 0 fully saturated rings. The standard InChI is InChI=1S/C12H14N4O2/c1-16-8-14-11(15-16)6-7-13-10-4-2-9(3-5-10)12(17)18/h2-5,8,13H,6-7H2,1H3,(H,17,18). The number of anilines is 1. The summed E-state index contributed by atoms with van der Waals surface area (Å²) >= 11 is 0. The highest BCUT2D eigenvalue weighted by Crippen LogP contribution is 2.09. The van der Waals surface area contributed by atoms with Gasteiger partial charge in [0.15, 0.2) is 5.82 Å². The minimum atomic E-state index is -0.917. The summed E-state index contributed by atoms with van der Waals surface area (Å²) in [5.74, 6) is -0.133. The van der Waals surface area contributed by atoms with Crippen LogP contribution in [0.15, 0.2) is 30.6 Å². The number of carboxylic acid groups (broad SMARTS) is 1. The fraction of sp³-hybridized carbons (Fsp3) is 0.250. The first-order chi connectivity index (χ1) is 8.65. The number of benzene rings is 1. The minimum Gasteiger partial charge on any atom is -0.478 e. The second-order valence-electron chi connectivity index (χ2n) is 3.89. The molecule has 94 valence electrons. The van der Waals surface area contributed by atoms with Crippen LogP contribution in [0.1, 0.15) is 16.2 Å². The summed E-state index contributed by atoms with van der Waals surface area (Å²) in [5, 5.41) is 16.1. The van der Waals surface area contributed by atoms with Crippen LogP contribution in [0, 0.1) is 0 Å². The van der Waals surface area contributed by atoms with Gasteiger partial charge in [-0.05, 0) is 24.3 Å². The van der Waals surface area contributed by atoms with Gasteiger partial charge in [0.05, 0.1) is 5.56 Å². The zero-order valence-electron chi connectivity index (χ0n) is 10.00. The highest BCUT2D eigenvalue weighted by molar-refractivity contribution is 5.87. The lowest BCUT2D eigenvalue weighted by atomic mass is 10.2. The summed E-state index contributed by atoms with van der Waals surface area (Å²) < 4.78 is 1.66. The molecule has 6 heteroatoms. The van der Waals surface area contributed by atoms with Gasteiger partial charge in [0.2, 0.25) is 0 Å². The minimum absolute atomic E-state index is 0.284. The first-order valence-corrected chi connectivity index (χ1v) is 5.57. The van der Waals surface area contributed by atoms with E-state index < -0.39 is 5.97 Å². The Labute approximate surface area is 104 Å². The zero-order chi connectivity index (χ0) is 13.0. The summed E-state index contributed by atoms with van der Waals surface area (Å²) in [6.07, 6.45) is 2.39. The monoisotopic (exact) mass is 246 g/mol. The average Bonchev–Trinajstić information content (AvgIpc) is 2.76. The molecule has 0 aliphatic heterocycles. The van der Waals surface area contributed by atoms with Crippen molar-refractivity contribution in [3.63, 3.8) is 0 Å².